The van der Waals surface area contributed by atoms with Crippen LogP contribution in [0.25, 0.3) is 11.2 Å². The predicted molar refractivity (Wildman–Crippen MR) is 64.9 cm³/mol. The second kappa shape index (κ2) is 4.38. The van der Waals surface area contributed by atoms with Crippen LogP contribution in [0.4, 0.5) is 5.82 Å². The topological polar surface area (TPSA) is 83.8 Å². The molecule has 2 N–H and O–H groups in total. The molecule has 7 heteroatoms. The van der Waals surface area contributed by atoms with E-state index in [2.05, 4.69) is 25.3 Å². The smallest absolute Gasteiger partial charge is 0.226 e. The molecule has 2 aromatic rings. The summed E-state index contributed by atoms with van der Waals surface area (Å²) in [6, 6.07) is 0. The zero-order chi connectivity index (χ0) is 12.5. The number of aromatic nitrogens is 4. The highest BCUT2D eigenvalue weighted by atomic mass is 35.5. The van der Waals surface area contributed by atoms with Crippen molar-refractivity contribution in [1.82, 2.24) is 19.9 Å². The molecule has 6 nitrogen and oxygen atoms in total. The zero-order valence-electron chi connectivity index (χ0n) is 9.48. The number of hydrogen-bond donors (Lipinski definition) is 2. The highest BCUT2D eigenvalue weighted by molar-refractivity contribution is 6.28. The van der Waals surface area contributed by atoms with Crippen LogP contribution < -0.4 is 5.32 Å². The molecule has 0 aliphatic heterocycles. The summed E-state index contributed by atoms with van der Waals surface area (Å²) >= 11 is 5.80. The summed E-state index contributed by atoms with van der Waals surface area (Å²) in [5.41, 5.74) is 0.421. The van der Waals surface area contributed by atoms with Gasteiger partial charge in [-0.3, -0.25) is 0 Å². The number of hydrogen-bond acceptors (Lipinski definition) is 6. The summed E-state index contributed by atoms with van der Waals surface area (Å²) in [4.78, 5) is 16.2. The average molecular weight is 254 g/mol. The molecule has 0 fully saturated rings. The molecule has 0 amide bonds. The summed E-state index contributed by atoms with van der Waals surface area (Å²) in [6.45, 7) is 3.63. The number of fused-ring (bicyclic) bond motifs is 1. The molecule has 0 saturated carbocycles. The molecule has 0 atom stereocenters. The summed E-state index contributed by atoms with van der Waals surface area (Å²) < 4.78 is 0. The molecule has 0 aliphatic carbocycles. The summed E-state index contributed by atoms with van der Waals surface area (Å²) in [7, 11) is 0. The van der Waals surface area contributed by atoms with Crippen LogP contribution in [-0.4, -0.2) is 37.2 Å². The lowest BCUT2D eigenvalue weighted by atomic mass is 10.1. The highest BCUT2D eigenvalue weighted by Gasteiger charge is 2.19. The number of rotatable bonds is 3. The van der Waals surface area contributed by atoms with Crippen LogP contribution in [0.2, 0.25) is 5.28 Å². The number of nitrogens with zero attached hydrogens (tertiary/aromatic N) is 4. The highest BCUT2D eigenvalue weighted by Crippen LogP contribution is 2.21. The maximum absolute atomic E-state index is 9.22. The van der Waals surface area contributed by atoms with E-state index in [0.29, 0.717) is 17.0 Å². The van der Waals surface area contributed by atoms with Gasteiger partial charge in [0.15, 0.2) is 17.0 Å². The first-order chi connectivity index (χ1) is 8.02. The quantitative estimate of drug-likeness (QED) is 0.801. The van der Waals surface area contributed by atoms with E-state index in [-0.39, 0.29) is 11.9 Å². The van der Waals surface area contributed by atoms with E-state index in [1.807, 2.05) is 13.8 Å². The number of halogens is 1. The Labute approximate surface area is 103 Å². The first-order valence-corrected chi connectivity index (χ1v) is 5.43. The molecule has 0 aliphatic rings. The summed E-state index contributed by atoms with van der Waals surface area (Å²) in [6.07, 6.45) is 3.09. The van der Waals surface area contributed by atoms with Crippen molar-refractivity contribution in [3.05, 3.63) is 17.7 Å². The van der Waals surface area contributed by atoms with Crippen molar-refractivity contribution in [3.8, 4) is 0 Å². The van der Waals surface area contributed by atoms with E-state index in [1.165, 1.54) is 6.20 Å². The SMILES string of the molecule is CC(C)(CO)Nc1nc(Cl)nc2nccnc12. The van der Waals surface area contributed by atoms with E-state index in [9.17, 15) is 5.11 Å². The Hall–Kier alpha value is -1.53. The fraction of sp³-hybridized carbons (Fsp3) is 0.400. The minimum absolute atomic E-state index is 0.0453. The van der Waals surface area contributed by atoms with Crippen molar-refractivity contribution in [3.63, 3.8) is 0 Å². The molecule has 0 aromatic carbocycles. The van der Waals surface area contributed by atoms with Crippen molar-refractivity contribution in [2.45, 2.75) is 19.4 Å². The molecule has 0 spiro atoms. The Morgan fingerprint density at radius 3 is 2.71 bits per heavy atom. The predicted octanol–water partition coefficient (Wildman–Crippen LogP) is 1.26. The van der Waals surface area contributed by atoms with Crippen LogP contribution in [0, 0.1) is 0 Å². The fourth-order valence-corrected chi connectivity index (χ4v) is 1.45. The number of nitrogens with one attached hydrogen (secondary N) is 1. The van der Waals surface area contributed by atoms with E-state index in [0.717, 1.165) is 0 Å². The van der Waals surface area contributed by atoms with Crippen molar-refractivity contribution in [1.29, 1.82) is 0 Å². The van der Waals surface area contributed by atoms with Crippen molar-refractivity contribution in [2.24, 2.45) is 0 Å². The lowest BCUT2D eigenvalue weighted by Gasteiger charge is -2.24. The Morgan fingerprint density at radius 1 is 1.29 bits per heavy atom. The van der Waals surface area contributed by atoms with Crippen LogP contribution in [0.15, 0.2) is 12.4 Å². The van der Waals surface area contributed by atoms with Gasteiger partial charge in [-0.1, -0.05) is 0 Å². The van der Waals surface area contributed by atoms with Crippen LogP contribution in [0.5, 0.6) is 0 Å². The van der Waals surface area contributed by atoms with Crippen LogP contribution >= 0.6 is 11.6 Å². The fourth-order valence-electron chi connectivity index (χ4n) is 1.28. The van der Waals surface area contributed by atoms with Gasteiger partial charge in [-0.05, 0) is 25.4 Å². The zero-order valence-corrected chi connectivity index (χ0v) is 10.2. The van der Waals surface area contributed by atoms with Gasteiger partial charge in [0.25, 0.3) is 0 Å². The third-order valence-corrected chi connectivity index (χ3v) is 2.33. The minimum atomic E-state index is -0.526. The van der Waals surface area contributed by atoms with Crippen LogP contribution in [-0.2, 0) is 0 Å². The van der Waals surface area contributed by atoms with Crippen LogP contribution in [0.1, 0.15) is 13.8 Å². The van der Waals surface area contributed by atoms with Crippen molar-refractivity contribution in [2.75, 3.05) is 11.9 Å². The molecule has 90 valence electrons. The lowest BCUT2D eigenvalue weighted by molar-refractivity contribution is 0.234. The first kappa shape index (κ1) is 11.9. The molecule has 2 aromatic heterocycles. The second-order valence-electron chi connectivity index (χ2n) is 4.24. The minimum Gasteiger partial charge on any atom is -0.394 e. The molecule has 0 bridgehead atoms. The molecule has 0 radical (unpaired) electrons. The van der Waals surface area contributed by atoms with Gasteiger partial charge < -0.3 is 10.4 Å². The Morgan fingerprint density at radius 2 is 2.00 bits per heavy atom. The van der Waals surface area contributed by atoms with E-state index >= 15 is 0 Å². The van der Waals surface area contributed by atoms with Gasteiger partial charge in [-0.25, -0.2) is 9.97 Å². The lowest BCUT2D eigenvalue weighted by Crippen LogP contribution is -2.35. The number of aliphatic hydroxyl groups is 1. The maximum Gasteiger partial charge on any atom is 0.226 e. The molecular formula is C10H12ClN5O. The standard InChI is InChI=1S/C10H12ClN5O/c1-10(2,5-17)16-8-6-7(13-4-3-12-6)14-9(11)15-8/h3-4,17H,5H2,1-2H3,(H,13,14,15,16). The van der Waals surface area contributed by atoms with Gasteiger partial charge in [0.05, 0.1) is 12.1 Å². The monoisotopic (exact) mass is 253 g/mol. The average Bonchev–Trinajstić information content (AvgIpc) is 2.28. The molecule has 17 heavy (non-hydrogen) atoms. The third-order valence-electron chi connectivity index (χ3n) is 2.16. The normalized spacial score (nSPS) is 11.8. The van der Waals surface area contributed by atoms with Crippen molar-refractivity contribution >= 4 is 28.6 Å². The van der Waals surface area contributed by atoms with E-state index in [4.69, 9.17) is 11.6 Å². The third kappa shape index (κ3) is 2.59. The molecule has 0 saturated heterocycles. The molecule has 2 rings (SSSR count). The first-order valence-electron chi connectivity index (χ1n) is 5.05. The van der Waals surface area contributed by atoms with E-state index < -0.39 is 5.54 Å². The van der Waals surface area contributed by atoms with Gasteiger partial charge in [-0.2, -0.15) is 9.97 Å². The van der Waals surface area contributed by atoms with Gasteiger partial charge in [0.1, 0.15) is 0 Å². The molecular weight excluding hydrogens is 242 g/mol. The number of anilines is 1. The molecule has 2 heterocycles. The van der Waals surface area contributed by atoms with Gasteiger partial charge in [0.2, 0.25) is 5.28 Å². The van der Waals surface area contributed by atoms with Crippen LogP contribution in [0.3, 0.4) is 0 Å². The largest absolute Gasteiger partial charge is 0.394 e. The molecule has 0 unspecified atom stereocenters. The Bertz CT molecular complexity index is 545. The summed E-state index contributed by atoms with van der Waals surface area (Å²) in [5.74, 6) is 0.465. The van der Waals surface area contributed by atoms with E-state index in [1.54, 1.807) is 6.20 Å². The van der Waals surface area contributed by atoms with Gasteiger partial charge >= 0.3 is 0 Å². The van der Waals surface area contributed by atoms with Crippen molar-refractivity contribution < 1.29 is 5.11 Å². The van der Waals surface area contributed by atoms with Gasteiger partial charge in [0, 0.05) is 12.4 Å². The second-order valence-corrected chi connectivity index (χ2v) is 4.57. The number of aliphatic hydroxyl groups excluding tert-OH is 1. The maximum atomic E-state index is 9.22. The Kier molecular flexibility index (Phi) is 3.08. The van der Waals surface area contributed by atoms with Gasteiger partial charge in [-0.15, -0.1) is 0 Å². The summed E-state index contributed by atoms with van der Waals surface area (Å²) in [5, 5.41) is 12.4. The Balaban J connectivity index is 2.53.